The van der Waals surface area contributed by atoms with Crippen LogP contribution in [0.4, 0.5) is 5.82 Å². The van der Waals surface area contributed by atoms with Gasteiger partial charge in [-0.3, -0.25) is 0 Å². The molecule has 4 heteroatoms. The number of piperidine rings is 1. The molecule has 1 N–H and O–H groups in total. The molecule has 0 radical (unpaired) electrons. The first-order valence-corrected chi connectivity index (χ1v) is 7.04. The highest BCUT2D eigenvalue weighted by atomic mass is 15.2. The molecule has 0 aromatic carbocycles. The lowest BCUT2D eigenvalue weighted by Gasteiger charge is -2.32. The topological polar surface area (TPSA) is 41.0 Å². The first kappa shape index (κ1) is 13.3. The molecule has 0 atom stereocenters. The summed E-state index contributed by atoms with van der Waals surface area (Å²) in [6, 6.07) is 2.15. The summed E-state index contributed by atoms with van der Waals surface area (Å²) in [5.41, 5.74) is 1.17. The average Bonchev–Trinajstić information content (AvgIpc) is 2.41. The van der Waals surface area contributed by atoms with E-state index in [1.54, 1.807) is 6.33 Å². The third-order valence-electron chi connectivity index (χ3n) is 3.65. The van der Waals surface area contributed by atoms with E-state index in [1.807, 2.05) is 7.05 Å². The SMILES string of the molecule is CCCc1cc(N2CCC(CNC)CC2)ncn1. The number of hydrogen-bond donors (Lipinski definition) is 1. The van der Waals surface area contributed by atoms with Crippen molar-refractivity contribution >= 4 is 5.82 Å². The molecule has 18 heavy (non-hydrogen) atoms. The van der Waals surface area contributed by atoms with E-state index >= 15 is 0 Å². The Morgan fingerprint density at radius 1 is 1.33 bits per heavy atom. The average molecular weight is 248 g/mol. The number of aromatic nitrogens is 2. The molecular formula is C14H24N4. The standard InChI is InChI=1S/C14H24N4/c1-3-4-13-9-14(17-11-16-13)18-7-5-12(6-8-18)10-15-2/h9,11-12,15H,3-8,10H2,1-2H3. The Balaban J connectivity index is 1.94. The molecule has 2 heterocycles. The largest absolute Gasteiger partial charge is 0.356 e. The van der Waals surface area contributed by atoms with Crippen LogP contribution in [0.5, 0.6) is 0 Å². The summed E-state index contributed by atoms with van der Waals surface area (Å²) in [6.45, 7) is 5.56. The fourth-order valence-corrected chi connectivity index (χ4v) is 2.61. The maximum Gasteiger partial charge on any atom is 0.132 e. The number of nitrogens with zero attached hydrogens (tertiary/aromatic N) is 3. The third kappa shape index (κ3) is 3.42. The molecule has 1 saturated heterocycles. The summed E-state index contributed by atoms with van der Waals surface area (Å²) in [6.07, 6.45) is 6.41. The Labute approximate surface area is 110 Å². The molecule has 0 amide bonds. The molecule has 1 aliphatic heterocycles. The van der Waals surface area contributed by atoms with Crippen molar-refractivity contribution in [2.45, 2.75) is 32.6 Å². The van der Waals surface area contributed by atoms with Crippen LogP contribution in [0.1, 0.15) is 31.9 Å². The molecule has 2 rings (SSSR count). The predicted octanol–water partition coefficient (Wildman–Crippen LogP) is 1.86. The van der Waals surface area contributed by atoms with Gasteiger partial charge >= 0.3 is 0 Å². The maximum atomic E-state index is 4.42. The Morgan fingerprint density at radius 2 is 2.11 bits per heavy atom. The highest BCUT2D eigenvalue weighted by Crippen LogP contribution is 2.21. The highest BCUT2D eigenvalue weighted by Gasteiger charge is 2.19. The molecule has 0 saturated carbocycles. The summed E-state index contributed by atoms with van der Waals surface area (Å²) < 4.78 is 0. The normalized spacial score (nSPS) is 17.1. The predicted molar refractivity (Wildman–Crippen MR) is 74.9 cm³/mol. The second kappa shape index (κ2) is 6.69. The van der Waals surface area contributed by atoms with Crippen molar-refractivity contribution < 1.29 is 0 Å². The number of nitrogens with one attached hydrogen (secondary N) is 1. The molecule has 1 aromatic rings. The van der Waals surface area contributed by atoms with E-state index in [0.717, 1.165) is 44.2 Å². The Hall–Kier alpha value is -1.16. The van der Waals surface area contributed by atoms with Gasteiger partial charge in [0, 0.05) is 24.8 Å². The Bertz CT molecular complexity index is 359. The van der Waals surface area contributed by atoms with Gasteiger partial charge in [-0.15, -0.1) is 0 Å². The Morgan fingerprint density at radius 3 is 2.78 bits per heavy atom. The summed E-state index contributed by atoms with van der Waals surface area (Å²) >= 11 is 0. The van der Waals surface area contributed by atoms with E-state index in [9.17, 15) is 0 Å². The summed E-state index contributed by atoms with van der Waals surface area (Å²) in [7, 11) is 2.04. The van der Waals surface area contributed by atoms with Crippen molar-refractivity contribution in [3.63, 3.8) is 0 Å². The molecule has 0 spiro atoms. The smallest absolute Gasteiger partial charge is 0.132 e. The van der Waals surface area contributed by atoms with Crippen LogP contribution in [-0.2, 0) is 6.42 Å². The van der Waals surface area contributed by atoms with Crippen molar-refractivity contribution in [1.82, 2.24) is 15.3 Å². The van der Waals surface area contributed by atoms with E-state index < -0.39 is 0 Å². The van der Waals surface area contributed by atoms with Crippen molar-refractivity contribution in [3.05, 3.63) is 18.1 Å². The highest BCUT2D eigenvalue weighted by molar-refractivity contribution is 5.39. The summed E-state index contributed by atoms with van der Waals surface area (Å²) in [5.74, 6) is 1.93. The van der Waals surface area contributed by atoms with Crippen molar-refractivity contribution in [2.75, 3.05) is 31.6 Å². The zero-order valence-corrected chi connectivity index (χ0v) is 11.5. The minimum atomic E-state index is 0.822. The van der Waals surface area contributed by atoms with Gasteiger partial charge in [0.15, 0.2) is 0 Å². The minimum absolute atomic E-state index is 0.822. The first-order chi connectivity index (χ1) is 8.83. The zero-order chi connectivity index (χ0) is 12.8. The van der Waals surface area contributed by atoms with Crippen molar-refractivity contribution in [1.29, 1.82) is 0 Å². The van der Waals surface area contributed by atoms with Gasteiger partial charge in [0.05, 0.1) is 0 Å². The lowest BCUT2D eigenvalue weighted by molar-refractivity contribution is 0.392. The van der Waals surface area contributed by atoms with Crippen LogP contribution >= 0.6 is 0 Å². The Kier molecular flexibility index (Phi) is 4.93. The van der Waals surface area contributed by atoms with E-state index in [2.05, 4.69) is 33.2 Å². The lowest BCUT2D eigenvalue weighted by Crippen LogP contribution is -2.37. The van der Waals surface area contributed by atoms with Gasteiger partial charge in [-0.25, -0.2) is 9.97 Å². The number of rotatable bonds is 5. The van der Waals surface area contributed by atoms with Gasteiger partial charge in [-0.05, 0) is 38.8 Å². The fourth-order valence-electron chi connectivity index (χ4n) is 2.61. The van der Waals surface area contributed by atoms with Crippen LogP contribution in [-0.4, -0.2) is 36.6 Å². The minimum Gasteiger partial charge on any atom is -0.356 e. The molecule has 0 unspecified atom stereocenters. The summed E-state index contributed by atoms with van der Waals surface area (Å²) in [4.78, 5) is 11.1. The van der Waals surface area contributed by atoms with Gasteiger partial charge in [0.1, 0.15) is 12.1 Å². The molecule has 100 valence electrons. The van der Waals surface area contributed by atoms with Crippen LogP contribution in [0, 0.1) is 5.92 Å². The molecule has 1 aliphatic rings. The van der Waals surface area contributed by atoms with Gasteiger partial charge in [-0.1, -0.05) is 13.3 Å². The van der Waals surface area contributed by atoms with Crippen LogP contribution < -0.4 is 10.2 Å². The van der Waals surface area contributed by atoms with Crippen LogP contribution in [0.25, 0.3) is 0 Å². The van der Waals surface area contributed by atoms with Crippen LogP contribution in [0.3, 0.4) is 0 Å². The van der Waals surface area contributed by atoms with Crippen LogP contribution in [0.15, 0.2) is 12.4 Å². The van der Waals surface area contributed by atoms with Crippen LogP contribution in [0.2, 0.25) is 0 Å². The molecule has 1 aromatic heterocycles. The van der Waals surface area contributed by atoms with Gasteiger partial charge in [0.2, 0.25) is 0 Å². The number of hydrogen-bond acceptors (Lipinski definition) is 4. The van der Waals surface area contributed by atoms with Gasteiger partial charge in [-0.2, -0.15) is 0 Å². The van der Waals surface area contributed by atoms with E-state index in [-0.39, 0.29) is 0 Å². The monoisotopic (exact) mass is 248 g/mol. The molecule has 0 aliphatic carbocycles. The second-order valence-electron chi connectivity index (χ2n) is 5.11. The first-order valence-electron chi connectivity index (χ1n) is 7.04. The van der Waals surface area contributed by atoms with E-state index in [0.29, 0.717) is 0 Å². The molecular weight excluding hydrogens is 224 g/mol. The number of aryl methyl sites for hydroxylation is 1. The molecule has 0 bridgehead atoms. The van der Waals surface area contributed by atoms with Gasteiger partial charge < -0.3 is 10.2 Å². The van der Waals surface area contributed by atoms with Crippen molar-refractivity contribution in [2.24, 2.45) is 5.92 Å². The van der Waals surface area contributed by atoms with E-state index in [1.165, 1.54) is 18.5 Å². The summed E-state index contributed by atoms with van der Waals surface area (Å²) in [5, 5.41) is 3.27. The third-order valence-corrected chi connectivity index (χ3v) is 3.65. The quantitative estimate of drug-likeness (QED) is 0.863. The van der Waals surface area contributed by atoms with E-state index in [4.69, 9.17) is 0 Å². The molecule has 1 fully saturated rings. The maximum absolute atomic E-state index is 4.42. The fraction of sp³-hybridized carbons (Fsp3) is 0.714. The second-order valence-corrected chi connectivity index (χ2v) is 5.11. The number of anilines is 1. The van der Waals surface area contributed by atoms with Gasteiger partial charge in [0.25, 0.3) is 0 Å². The lowest BCUT2D eigenvalue weighted by atomic mass is 9.97. The molecule has 4 nitrogen and oxygen atoms in total. The zero-order valence-electron chi connectivity index (χ0n) is 11.5. The van der Waals surface area contributed by atoms with Crippen molar-refractivity contribution in [3.8, 4) is 0 Å².